The Labute approximate surface area is 153 Å². The zero-order chi connectivity index (χ0) is 17.8. The Kier molecular flexibility index (Phi) is 6.12. The fourth-order valence-electron chi connectivity index (χ4n) is 3.88. The number of likely N-dealkylation sites (tertiary alicyclic amines) is 1. The van der Waals surface area contributed by atoms with Gasteiger partial charge in [0.25, 0.3) is 5.91 Å². The van der Waals surface area contributed by atoms with Gasteiger partial charge in [0, 0.05) is 4.88 Å². The van der Waals surface area contributed by atoms with Crippen LogP contribution in [0.5, 0.6) is 0 Å². The highest BCUT2D eigenvalue weighted by molar-refractivity contribution is 7.17. The molecule has 1 amide bonds. The predicted octanol–water partition coefficient (Wildman–Crippen LogP) is 2.06. The van der Waals surface area contributed by atoms with E-state index in [4.69, 9.17) is 4.74 Å². The number of hydrogen-bond acceptors (Lipinski definition) is 4. The van der Waals surface area contributed by atoms with Gasteiger partial charge in [-0.25, -0.2) is 4.79 Å². The first-order chi connectivity index (χ1) is 12.1. The lowest BCUT2D eigenvalue weighted by Gasteiger charge is -2.22. The number of fused-ring (bicyclic) bond motifs is 1. The van der Waals surface area contributed by atoms with Crippen molar-refractivity contribution in [1.82, 2.24) is 0 Å². The minimum absolute atomic E-state index is 0.00842. The summed E-state index contributed by atoms with van der Waals surface area (Å²) in [7, 11) is 0. The standard InChI is InChI=1S/C19H28N2O3S/c1-3-24-19(23)17-14-8-7-13(2)11-15(14)25-18(17)20-16(22)12-21-9-5-4-6-10-21/h13H,3-12H2,1-2H3,(H,20,22)/p+1/t13-/m1/s1. The Morgan fingerprint density at radius 2 is 2.04 bits per heavy atom. The van der Waals surface area contributed by atoms with Gasteiger partial charge in [0.2, 0.25) is 0 Å². The largest absolute Gasteiger partial charge is 0.462 e. The molecule has 0 aromatic carbocycles. The number of nitrogens with one attached hydrogen (secondary N) is 2. The molecule has 1 atom stereocenters. The van der Waals surface area contributed by atoms with Crippen molar-refractivity contribution in [3.63, 3.8) is 0 Å². The predicted molar refractivity (Wildman–Crippen MR) is 99.5 cm³/mol. The molecular weight excluding hydrogens is 336 g/mol. The van der Waals surface area contributed by atoms with E-state index in [9.17, 15) is 9.59 Å². The molecule has 1 aromatic heterocycles. The minimum Gasteiger partial charge on any atom is -0.462 e. The molecule has 3 rings (SSSR count). The SMILES string of the molecule is CCOC(=O)c1c(NC(=O)C[NH+]2CCCCC2)sc2c1CC[C@@H](C)C2. The number of piperidine rings is 1. The molecule has 2 N–H and O–H groups in total. The molecule has 6 heteroatoms. The Balaban J connectivity index is 1.77. The Morgan fingerprint density at radius 1 is 1.28 bits per heavy atom. The van der Waals surface area contributed by atoms with Crippen LogP contribution in [-0.2, 0) is 22.4 Å². The van der Waals surface area contributed by atoms with E-state index in [2.05, 4.69) is 12.2 Å². The number of carbonyl (C=O) groups is 2. The molecule has 1 aliphatic carbocycles. The molecule has 5 nitrogen and oxygen atoms in total. The molecular formula is C19H29N2O3S+. The number of quaternary nitrogens is 1. The monoisotopic (exact) mass is 365 g/mol. The lowest BCUT2D eigenvalue weighted by molar-refractivity contribution is -0.896. The van der Waals surface area contributed by atoms with Crippen molar-refractivity contribution in [3.8, 4) is 0 Å². The molecule has 0 unspecified atom stereocenters. The maximum atomic E-state index is 12.5. The van der Waals surface area contributed by atoms with E-state index in [0.29, 0.717) is 29.6 Å². The van der Waals surface area contributed by atoms with E-state index >= 15 is 0 Å². The van der Waals surface area contributed by atoms with Gasteiger partial charge < -0.3 is 15.0 Å². The molecule has 1 aliphatic heterocycles. The molecule has 1 aromatic rings. The second-order valence-electron chi connectivity index (χ2n) is 7.31. The number of carbonyl (C=O) groups excluding carboxylic acids is 2. The highest BCUT2D eigenvalue weighted by Crippen LogP contribution is 2.40. The van der Waals surface area contributed by atoms with E-state index in [1.165, 1.54) is 29.0 Å². The van der Waals surface area contributed by atoms with Crippen LogP contribution in [0.4, 0.5) is 5.00 Å². The molecule has 0 spiro atoms. The molecule has 0 saturated carbocycles. The van der Waals surface area contributed by atoms with Crippen LogP contribution in [0.15, 0.2) is 0 Å². The first-order valence-electron chi connectivity index (χ1n) is 9.53. The van der Waals surface area contributed by atoms with Gasteiger partial charge in [-0.1, -0.05) is 6.92 Å². The van der Waals surface area contributed by atoms with Crippen molar-refractivity contribution in [3.05, 3.63) is 16.0 Å². The van der Waals surface area contributed by atoms with Crippen molar-refractivity contribution in [2.75, 3.05) is 31.6 Å². The van der Waals surface area contributed by atoms with Gasteiger partial charge in [0.1, 0.15) is 5.00 Å². The number of hydrogen-bond donors (Lipinski definition) is 2. The Hall–Kier alpha value is -1.40. The van der Waals surface area contributed by atoms with Gasteiger partial charge in [0.15, 0.2) is 6.54 Å². The maximum Gasteiger partial charge on any atom is 0.341 e. The lowest BCUT2D eigenvalue weighted by atomic mass is 9.88. The normalized spacial score (nSPS) is 20.8. The summed E-state index contributed by atoms with van der Waals surface area (Å²) in [6.45, 7) is 7.03. The summed E-state index contributed by atoms with van der Waals surface area (Å²) in [5.41, 5.74) is 1.71. The summed E-state index contributed by atoms with van der Waals surface area (Å²) in [4.78, 5) is 27.6. The van der Waals surface area contributed by atoms with Crippen LogP contribution in [0.25, 0.3) is 0 Å². The van der Waals surface area contributed by atoms with Crippen LogP contribution < -0.4 is 10.2 Å². The van der Waals surface area contributed by atoms with E-state index in [-0.39, 0.29) is 11.9 Å². The maximum absolute atomic E-state index is 12.5. The summed E-state index contributed by atoms with van der Waals surface area (Å²) in [5, 5.41) is 3.72. The number of rotatable bonds is 5. The second kappa shape index (κ2) is 8.32. The topological polar surface area (TPSA) is 59.8 Å². The highest BCUT2D eigenvalue weighted by atomic mass is 32.1. The van der Waals surface area contributed by atoms with Crippen molar-refractivity contribution < 1.29 is 19.2 Å². The average molecular weight is 366 g/mol. The van der Waals surface area contributed by atoms with E-state index in [1.54, 1.807) is 11.3 Å². The van der Waals surface area contributed by atoms with Crippen molar-refractivity contribution in [2.24, 2.45) is 5.92 Å². The average Bonchev–Trinajstić information content (AvgIpc) is 2.92. The lowest BCUT2D eigenvalue weighted by Crippen LogP contribution is -3.13. The van der Waals surface area contributed by atoms with Gasteiger partial charge >= 0.3 is 5.97 Å². The smallest absolute Gasteiger partial charge is 0.341 e. The first kappa shape index (κ1) is 18.4. The van der Waals surface area contributed by atoms with Gasteiger partial charge in [-0.2, -0.15) is 0 Å². The molecule has 0 radical (unpaired) electrons. The molecule has 1 fully saturated rings. The summed E-state index contributed by atoms with van der Waals surface area (Å²) in [6.07, 6.45) is 6.63. The minimum atomic E-state index is -0.296. The van der Waals surface area contributed by atoms with E-state index < -0.39 is 0 Å². The molecule has 25 heavy (non-hydrogen) atoms. The summed E-state index contributed by atoms with van der Waals surface area (Å²) < 4.78 is 5.26. The van der Waals surface area contributed by atoms with Crippen LogP contribution in [0.1, 0.15) is 60.3 Å². The van der Waals surface area contributed by atoms with Gasteiger partial charge in [-0.3, -0.25) is 4.79 Å². The van der Waals surface area contributed by atoms with Gasteiger partial charge in [-0.15, -0.1) is 11.3 Å². The van der Waals surface area contributed by atoms with Gasteiger partial charge in [0.05, 0.1) is 25.3 Å². The number of ether oxygens (including phenoxy) is 1. The third-order valence-corrected chi connectivity index (χ3v) is 6.39. The Bertz CT molecular complexity index is 635. The van der Waals surface area contributed by atoms with Crippen LogP contribution in [0.3, 0.4) is 0 Å². The zero-order valence-electron chi connectivity index (χ0n) is 15.3. The third kappa shape index (κ3) is 4.42. The first-order valence-corrected chi connectivity index (χ1v) is 10.3. The summed E-state index contributed by atoms with van der Waals surface area (Å²) in [6, 6.07) is 0. The third-order valence-electron chi connectivity index (χ3n) is 5.22. The number of esters is 1. The summed E-state index contributed by atoms with van der Waals surface area (Å²) in [5.74, 6) is 0.340. The summed E-state index contributed by atoms with van der Waals surface area (Å²) >= 11 is 1.57. The second-order valence-corrected chi connectivity index (χ2v) is 8.42. The molecule has 1 saturated heterocycles. The Morgan fingerprint density at radius 3 is 2.76 bits per heavy atom. The fraction of sp³-hybridized carbons (Fsp3) is 0.684. The number of amides is 1. The molecule has 138 valence electrons. The highest BCUT2D eigenvalue weighted by Gasteiger charge is 2.29. The van der Waals surface area contributed by atoms with E-state index in [0.717, 1.165) is 37.9 Å². The van der Waals surface area contributed by atoms with Crippen LogP contribution in [-0.4, -0.2) is 38.1 Å². The molecule has 2 aliphatic rings. The molecule has 2 heterocycles. The van der Waals surface area contributed by atoms with E-state index in [1.807, 2.05) is 6.92 Å². The number of anilines is 1. The fourth-order valence-corrected chi connectivity index (χ4v) is 5.30. The van der Waals surface area contributed by atoms with Crippen molar-refractivity contribution >= 4 is 28.2 Å². The van der Waals surface area contributed by atoms with Crippen LogP contribution >= 0.6 is 11.3 Å². The number of thiophene rings is 1. The van der Waals surface area contributed by atoms with Gasteiger partial charge in [-0.05, 0) is 56.9 Å². The van der Waals surface area contributed by atoms with Crippen LogP contribution in [0.2, 0.25) is 0 Å². The molecule has 0 bridgehead atoms. The van der Waals surface area contributed by atoms with Crippen molar-refractivity contribution in [1.29, 1.82) is 0 Å². The van der Waals surface area contributed by atoms with Crippen LogP contribution in [0, 0.1) is 5.92 Å². The zero-order valence-corrected chi connectivity index (χ0v) is 16.1. The quantitative estimate of drug-likeness (QED) is 0.785. The van der Waals surface area contributed by atoms with Crippen molar-refractivity contribution in [2.45, 2.75) is 52.4 Å².